The van der Waals surface area contributed by atoms with Crippen LogP contribution in [0.3, 0.4) is 0 Å². The molecule has 0 bridgehead atoms. The monoisotopic (exact) mass is 243 g/mol. The van der Waals surface area contributed by atoms with Gasteiger partial charge in [0.25, 0.3) is 0 Å². The highest BCUT2D eigenvalue weighted by atomic mass is 32.1. The number of benzene rings is 1. The van der Waals surface area contributed by atoms with Gasteiger partial charge in [0.1, 0.15) is 17.5 Å². The zero-order valence-electron chi connectivity index (χ0n) is 8.08. The minimum atomic E-state index is -0.960. The van der Waals surface area contributed by atoms with Crippen molar-refractivity contribution in [1.82, 2.24) is 0 Å². The van der Waals surface area contributed by atoms with Crippen LogP contribution in [0, 0.1) is 17.5 Å². The molecule has 0 aliphatic heterocycles. The maximum absolute atomic E-state index is 13.4. The summed E-state index contributed by atoms with van der Waals surface area (Å²) in [5, 5.41) is 1.76. The van der Waals surface area contributed by atoms with E-state index >= 15 is 0 Å². The van der Waals surface area contributed by atoms with Gasteiger partial charge < -0.3 is 5.73 Å². The molecular weight excluding hydrogens is 235 g/mol. The minimum absolute atomic E-state index is 0.302. The third-order valence-electron chi connectivity index (χ3n) is 2.20. The van der Waals surface area contributed by atoms with Crippen LogP contribution < -0.4 is 5.73 Å². The molecule has 0 unspecified atom stereocenters. The molecule has 0 spiro atoms. The Bertz CT molecular complexity index is 473. The number of hydrogen-bond acceptors (Lipinski definition) is 2. The molecule has 0 saturated heterocycles. The summed E-state index contributed by atoms with van der Waals surface area (Å²) in [7, 11) is 0. The third kappa shape index (κ3) is 1.96. The van der Waals surface area contributed by atoms with E-state index in [0.29, 0.717) is 17.0 Å². The van der Waals surface area contributed by atoms with Crippen LogP contribution >= 0.6 is 11.3 Å². The standard InChI is InChI=1S/C11H8F3NS/c12-6-4-7(13)10(8(14)5-6)11(15)9-2-1-3-16-9/h1-5,11H,15H2/t11-/m0/s1. The van der Waals surface area contributed by atoms with Crippen LogP contribution in [0.25, 0.3) is 0 Å². The molecule has 1 heterocycles. The van der Waals surface area contributed by atoms with Crippen LogP contribution in [0.5, 0.6) is 0 Å². The highest BCUT2D eigenvalue weighted by Crippen LogP contribution is 2.28. The molecule has 16 heavy (non-hydrogen) atoms. The van der Waals surface area contributed by atoms with Crippen LogP contribution in [-0.2, 0) is 0 Å². The van der Waals surface area contributed by atoms with Crippen LogP contribution in [0.1, 0.15) is 16.5 Å². The van der Waals surface area contributed by atoms with E-state index in [2.05, 4.69) is 0 Å². The second-order valence-corrected chi connectivity index (χ2v) is 4.26. The van der Waals surface area contributed by atoms with E-state index in [-0.39, 0.29) is 5.56 Å². The molecule has 84 valence electrons. The number of nitrogens with two attached hydrogens (primary N) is 1. The van der Waals surface area contributed by atoms with Crippen molar-refractivity contribution in [2.24, 2.45) is 5.73 Å². The summed E-state index contributed by atoms with van der Waals surface area (Å²) in [6.45, 7) is 0. The average molecular weight is 243 g/mol. The van der Waals surface area contributed by atoms with Gasteiger partial charge in [-0.25, -0.2) is 13.2 Å². The van der Waals surface area contributed by atoms with E-state index in [4.69, 9.17) is 5.73 Å². The fraction of sp³-hybridized carbons (Fsp3) is 0.0909. The predicted octanol–water partition coefficient (Wildman–Crippen LogP) is 3.21. The number of rotatable bonds is 2. The van der Waals surface area contributed by atoms with Crippen molar-refractivity contribution < 1.29 is 13.2 Å². The molecule has 2 rings (SSSR count). The summed E-state index contributed by atoms with van der Waals surface area (Å²) in [6, 6.07) is 3.77. The number of thiophene rings is 1. The van der Waals surface area contributed by atoms with Crippen molar-refractivity contribution in [3.05, 3.63) is 57.5 Å². The van der Waals surface area contributed by atoms with Gasteiger partial charge in [0.15, 0.2) is 0 Å². The Morgan fingerprint density at radius 1 is 1.12 bits per heavy atom. The van der Waals surface area contributed by atoms with E-state index in [0.717, 1.165) is 0 Å². The van der Waals surface area contributed by atoms with Crippen molar-refractivity contribution >= 4 is 11.3 Å². The zero-order chi connectivity index (χ0) is 11.7. The van der Waals surface area contributed by atoms with Crippen LogP contribution in [0.15, 0.2) is 29.6 Å². The highest BCUT2D eigenvalue weighted by molar-refractivity contribution is 7.10. The Hall–Kier alpha value is -1.33. The Morgan fingerprint density at radius 2 is 1.75 bits per heavy atom. The lowest BCUT2D eigenvalue weighted by atomic mass is 10.0. The molecule has 1 aromatic carbocycles. The van der Waals surface area contributed by atoms with E-state index in [9.17, 15) is 13.2 Å². The van der Waals surface area contributed by atoms with Gasteiger partial charge in [0, 0.05) is 22.6 Å². The lowest BCUT2D eigenvalue weighted by Crippen LogP contribution is -2.14. The summed E-state index contributed by atoms with van der Waals surface area (Å²) in [5.74, 6) is -2.87. The van der Waals surface area contributed by atoms with Gasteiger partial charge in [-0.15, -0.1) is 11.3 Å². The molecule has 0 aliphatic rings. The molecule has 2 N–H and O–H groups in total. The second-order valence-electron chi connectivity index (χ2n) is 3.28. The van der Waals surface area contributed by atoms with Gasteiger partial charge in [-0.1, -0.05) is 6.07 Å². The number of hydrogen-bond donors (Lipinski definition) is 1. The summed E-state index contributed by atoms with van der Waals surface area (Å²) in [5.41, 5.74) is 5.42. The molecule has 1 atom stereocenters. The molecule has 0 saturated carbocycles. The molecule has 0 radical (unpaired) electrons. The Balaban J connectivity index is 2.48. The summed E-state index contributed by atoms with van der Waals surface area (Å²) in [4.78, 5) is 0.629. The van der Waals surface area contributed by atoms with Crippen LogP contribution in [0.2, 0.25) is 0 Å². The van der Waals surface area contributed by atoms with Crippen molar-refractivity contribution in [1.29, 1.82) is 0 Å². The van der Waals surface area contributed by atoms with E-state index in [1.807, 2.05) is 0 Å². The van der Waals surface area contributed by atoms with Crippen LogP contribution in [-0.4, -0.2) is 0 Å². The van der Waals surface area contributed by atoms with Gasteiger partial charge in [-0.3, -0.25) is 0 Å². The van der Waals surface area contributed by atoms with Crippen molar-refractivity contribution in [3.8, 4) is 0 Å². The molecule has 0 fully saturated rings. The average Bonchev–Trinajstić information content (AvgIpc) is 2.67. The first-order valence-electron chi connectivity index (χ1n) is 4.53. The SMILES string of the molecule is N[C@@H](c1cccs1)c1c(F)cc(F)cc1F. The lowest BCUT2D eigenvalue weighted by molar-refractivity contribution is 0.516. The van der Waals surface area contributed by atoms with E-state index < -0.39 is 23.5 Å². The molecule has 1 aromatic heterocycles. The Kier molecular flexibility index (Phi) is 2.98. The topological polar surface area (TPSA) is 26.0 Å². The van der Waals surface area contributed by atoms with E-state index in [1.165, 1.54) is 11.3 Å². The first kappa shape index (κ1) is 11.2. The second kappa shape index (κ2) is 4.27. The van der Waals surface area contributed by atoms with Gasteiger partial charge in [0.2, 0.25) is 0 Å². The number of halogens is 3. The van der Waals surface area contributed by atoms with Crippen molar-refractivity contribution in [2.75, 3.05) is 0 Å². The highest BCUT2D eigenvalue weighted by Gasteiger charge is 2.20. The normalized spacial score (nSPS) is 12.8. The zero-order valence-corrected chi connectivity index (χ0v) is 8.90. The van der Waals surface area contributed by atoms with Gasteiger partial charge in [0.05, 0.1) is 6.04 Å². The Labute approximate surface area is 94.3 Å². The Morgan fingerprint density at radius 3 is 2.25 bits per heavy atom. The molecule has 5 heteroatoms. The molecule has 2 aromatic rings. The summed E-state index contributed by atoms with van der Waals surface area (Å²) >= 11 is 1.30. The first-order chi connectivity index (χ1) is 7.59. The van der Waals surface area contributed by atoms with Crippen LogP contribution in [0.4, 0.5) is 13.2 Å². The quantitative estimate of drug-likeness (QED) is 0.861. The summed E-state index contributed by atoms with van der Waals surface area (Å²) < 4.78 is 39.5. The van der Waals surface area contributed by atoms with Crippen molar-refractivity contribution in [3.63, 3.8) is 0 Å². The van der Waals surface area contributed by atoms with Crippen molar-refractivity contribution in [2.45, 2.75) is 6.04 Å². The third-order valence-corrected chi connectivity index (χ3v) is 3.16. The van der Waals surface area contributed by atoms with Gasteiger partial charge in [-0.05, 0) is 11.4 Å². The lowest BCUT2D eigenvalue weighted by Gasteiger charge is -2.12. The largest absolute Gasteiger partial charge is 0.319 e. The first-order valence-corrected chi connectivity index (χ1v) is 5.41. The molecular formula is C11H8F3NS. The maximum Gasteiger partial charge on any atom is 0.134 e. The fourth-order valence-electron chi connectivity index (χ4n) is 1.46. The van der Waals surface area contributed by atoms with Gasteiger partial charge in [-0.2, -0.15) is 0 Å². The smallest absolute Gasteiger partial charge is 0.134 e. The molecule has 1 nitrogen and oxygen atoms in total. The molecule has 0 amide bonds. The van der Waals surface area contributed by atoms with Gasteiger partial charge >= 0.3 is 0 Å². The van der Waals surface area contributed by atoms with E-state index in [1.54, 1.807) is 17.5 Å². The maximum atomic E-state index is 13.4. The summed E-state index contributed by atoms with van der Waals surface area (Å²) in [6.07, 6.45) is 0. The minimum Gasteiger partial charge on any atom is -0.319 e. The predicted molar refractivity (Wildman–Crippen MR) is 56.7 cm³/mol. The molecule has 0 aliphatic carbocycles. The fourth-order valence-corrected chi connectivity index (χ4v) is 2.20.